The number of pyridine rings is 1. The molecule has 6 nitrogen and oxygen atoms in total. The summed E-state index contributed by atoms with van der Waals surface area (Å²) >= 11 is 0. The fourth-order valence-corrected chi connectivity index (χ4v) is 2.17. The molecule has 2 heterocycles. The molecule has 6 heteroatoms. The molecule has 0 amide bonds. The van der Waals surface area contributed by atoms with Gasteiger partial charge in [-0.25, -0.2) is 9.78 Å². The average molecular weight is 288 g/mol. The van der Waals surface area contributed by atoms with Crippen molar-refractivity contribution in [2.75, 3.05) is 6.54 Å². The van der Waals surface area contributed by atoms with Gasteiger partial charge in [-0.3, -0.25) is 4.68 Å². The molecule has 0 aliphatic rings. The van der Waals surface area contributed by atoms with Crippen molar-refractivity contribution in [3.8, 4) is 0 Å². The van der Waals surface area contributed by atoms with Gasteiger partial charge in [0, 0.05) is 18.8 Å². The highest BCUT2D eigenvalue weighted by Crippen LogP contribution is 2.03. The molecule has 0 bridgehead atoms. The van der Waals surface area contributed by atoms with Crippen molar-refractivity contribution < 1.29 is 9.90 Å². The maximum atomic E-state index is 10.8. The zero-order valence-electron chi connectivity index (χ0n) is 12.3. The van der Waals surface area contributed by atoms with Crippen LogP contribution >= 0.6 is 0 Å². The van der Waals surface area contributed by atoms with Crippen molar-refractivity contribution in [1.82, 2.24) is 20.1 Å². The molecular formula is C15H20N4O2. The first-order valence-electron chi connectivity index (χ1n) is 6.97. The molecular weight excluding hydrogens is 268 g/mol. The summed E-state index contributed by atoms with van der Waals surface area (Å²) in [5.74, 6) is -0.999. The van der Waals surface area contributed by atoms with Crippen molar-refractivity contribution in [3.05, 3.63) is 47.0 Å². The van der Waals surface area contributed by atoms with E-state index >= 15 is 0 Å². The second-order valence-electron chi connectivity index (χ2n) is 5.00. The van der Waals surface area contributed by atoms with Gasteiger partial charge in [-0.2, -0.15) is 5.10 Å². The van der Waals surface area contributed by atoms with Gasteiger partial charge in [-0.15, -0.1) is 0 Å². The number of aryl methyl sites for hydroxylation is 3. The van der Waals surface area contributed by atoms with Gasteiger partial charge in [0.15, 0.2) is 0 Å². The minimum absolute atomic E-state index is 0.0805. The second kappa shape index (κ2) is 6.99. The van der Waals surface area contributed by atoms with E-state index in [4.69, 9.17) is 5.11 Å². The minimum Gasteiger partial charge on any atom is -0.477 e. The molecule has 112 valence electrons. The van der Waals surface area contributed by atoms with E-state index in [0.717, 1.165) is 30.9 Å². The van der Waals surface area contributed by atoms with E-state index in [9.17, 15) is 4.79 Å². The summed E-state index contributed by atoms with van der Waals surface area (Å²) in [6.45, 7) is 6.31. The molecule has 21 heavy (non-hydrogen) atoms. The lowest BCUT2D eigenvalue weighted by molar-refractivity contribution is 0.0690. The van der Waals surface area contributed by atoms with E-state index in [-0.39, 0.29) is 5.69 Å². The van der Waals surface area contributed by atoms with Gasteiger partial charge in [-0.1, -0.05) is 6.07 Å². The zero-order chi connectivity index (χ0) is 15.2. The lowest BCUT2D eigenvalue weighted by atomic mass is 10.3. The van der Waals surface area contributed by atoms with Crippen LogP contribution in [-0.4, -0.2) is 32.4 Å². The van der Waals surface area contributed by atoms with Gasteiger partial charge < -0.3 is 10.4 Å². The maximum Gasteiger partial charge on any atom is 0.354 e. The quantitative estimate of drug-likeness (QED) is 0.759. The Morgan fingerprint density at radius 2 is 2.19 bits per heavy atom. The first-order valence-corrected chi connectivity index (χ1v) is 6.97. The number of carbonyl (C=O) groups is 1. The fourth-order valence-electron chi connectivity index (χ4n) is 2.17. The summed E-state index contributed by atoms with van der Waals surface area (Å²) in [6, 6.07) is 7.09. The van der Waals surface area contributed by atoms with Crippen LogP contribution in [0.3, 0.4) is 0 Å². The number of hydrogen-bond donors (Lipinski definition) is 2. The largest absolute Gasteiger partial charge is 0.477 e. The summed E-state index contributed by atoms with van der Waals surface area (Å²) in [6.07, 6.45) is 0.959. The molecule has 0 saturated heterocycles. The molecule has 0 aromatic carbocycles. The second-order valence-corrected chi connectivity index (χ2v) is 5.00. The van der Waals surface area contributed by atoms with E-state index in [1.165, 1.54) is 11.8 Å². The van der Waals surface area contributed by atoms with Crippen molar-refractivity contribution in [2.45, 2.75) is 33.4 Å². The number of nitrogens with one attached hydrogen (secondary N) is 1. The number of nitrogens with zero attached hydrogens (tertiary/aromatic N) is 3. The Morgan fingerprint density at radius 3 is 2.86 bits per heavy atom. The first kappa shape index (κ1) is 15.2. The lowest BCUT2D eigenvalue weighted by Gasteiger charge is -2.06. The van der Waals surface area contributed by atoms with Gasteiger partial charge >= 0.3 is 5.97 Å². The Hall–Kier alpha value is -2.21. The Morgan fingerprint density at radius 1 is 1.38 bits per heavy atom. The SMILES string of the molecule is Cc1cc(C)n(CCCNCc2cccc(C(=O)O)n2)n1. The number of aromatic nitrogens is 3. The highest BCUT2D eigenvalue weighted by molar-refractivity contribution is 5.85. The molecule has 0 spiro atoms. The van der Waals surface area contributed by atoms with E-state index in [2.05, 4.69) is 28.4 Å². The topological polar surface area (TPSA) is 80.0 Å². The van der Waals surface area contributed by atoms with E-state index in [1.807, 2.05) is 17.7 Å². The Bertz CT molecular complexity index is 622. The normalized spacial score (nSPS) is 10.8. The third-order valence-electron chi connectivity index (χ3n) is 3.16. The van der Waals surface area contributed by atoms with Crippen LogP contribution in [0.1, 0.15) is 34.0 Å². The predicted octanol–water partition coefficient (Wildman–Crippen LogP) is 1.77. The fraction of sp³-hybridized carbons (Fsp3) is 0.400. The molecule has 2 aromatic rings. The standard InChI is InChI=1S/C15H20N4O2/c1-11-9-12(2)19(18-11)8-4-7-16-10-13-5-3-6-14(17-13)15(20)21/h3,5-6,9,16H,4,7-8,10H2,1-2H3,(H,20,21). The highest BCUT2D eigenvalue weighted by Gasteiger charge is 2.04. The molecule has 2 aromatic heterocycles. The summed E-state index contributed by atoms with van der Waals surface area (Å²) in [4.78, 5) is 14.9. The van der Waals surface area contributed by atoms with Crippen LogP contribution in [0.2, 0.25) is 0 Å². The number of carboxylic acid groups (broad SMARTS) is 1. The van der Waals surface area contributed by atoms with E-state index < -0.39 is 5.97 Å². The van der Waals surface area contributed by atoms with E-state index in [1.54, 1.807) is 6.07 Å². The molecule has 2 N–H and O–H groups in total. The van der Waals surface area contributed by atoms with E-state index in [0.29, 0.717) is 6.54 Å². The van der Waals surface area contributed by atoms with Crippen LogP contribution in [0.5, 0.6) is 0 Å². The summed E-state index contributed by atoms with van der Waals surface area (Å²) in [5, 5.41) is 16.6. The predicted molar refractivity (Wildman–Crippen MR) is 79.2 cm³/mol. The van der Waals surface area contributed by atoms with Crippen LogP contribution in [0, 0.1) is 13.8 Å². The van der Waals surface area contributed by atoms with Gasteiger partial charge in [0.25, 0.3) is 0 Å². The van der Waals surface area contributed by atoms with Crippen molar-refractivity contribution in [2.24, 2.45) is 0 Å². The summed E-state index contributed by atoms with van der Waals surface area (Å²) in [5.41, 5.74) is 3.02. The Kier molecular flexibility index (Phi) is 5.05. The van der Waals surface area contributed by atoms with Crippen molar-refractivity contribution >= 4 is 5.97 Å². The average Bonchev–Trinajstić information content (AvgIpc) is 2.77. The highest BCUT2D eigenvalue weighted by atomic mass is 16.4. The van der Waals surface area contributed by atoms with Crippen LogP contribution < -0.4 is 5.32 Å². The van der Waals surface area contributed by atoms with Gasteiger partial charge in [0.2, 0.25) is 0 Å². The smallest absolute Gasteiger partial charge is 0.354 e. The van der Waals surface area contributed by atoms with Crippen molar-refractivity contribution in [1.29, 1.82) is 0 Å². The molecule has 2 rings (SSSR count). The maximum absolute atomic E-state index is 10.8. The third kappa shape index (κ3) is 4.39. The lowest BCUT2D eigenvalue weighted by Crippen LogP contribution is -2.18. The number of hydrogen-bond acceptors (Lipinski definition) is 4. The Balaban J connectivity index is 1.73. The number of rotatable bonds is 7. The van der Waals surface area contributed by atoms with Crippen LogP contribution in [0.25, 0.3) is 0 Å². The molecule has 0 saturated carbocycles. The van der Waals surface area contributed by atoms with Gasteiger partial charge in [0.05, 0.1) is 11.4 Å². The third-order valence-corrected chi connectivity index (χ3v) is 3.16. The van der Waals surface area contributed by atoms with Crippen molar-refractivity contribution in [3.63, 3.8) is 0 Å². The summed E-state index contributed by atoms with van der Waals surface area (Å²) in [7, 11) is 0. The molecule has 0 fully saturated rings. The van der Waals surface area contributed by atoms with Crippen LogP contribution in [0.15, 0.2) is 24.3 Å². The molecule has 0 aliphatic heterocycles. The molecule has 0 atom stereocenters. The molecule has 0 radical (unpaired) electrons. The molecule has 0 unspecified atom stereocenters. The zero-order valence-corrected chi connectivity index (χ0v) is 12.3. The number of aromatic carboxylic acids is 1. The van der Waals surface area contributed by atoms with Crippen LogP contribution in [-0.2, 0) is 13.1 Å². The first-order chi connectivity index (χ1) is 10.1. The van der Waals surface area contributed by atoms with Gasteiger partial charge in [0.1, 0.15) is 5.69 Å². The van der Waals surface area contributed by atoms with Crippen LogP contribution in [0.4, 0.5) is 0 Å². The Labute approximate surface area is 123 Å². The summed E-state index contributed by atoms with van der Waals surface area (Å²) < 4.78 is 2.00. The monoisotopic (exact) mass is 288 g/mol. The molecule has 0 aliphatic carbocycles. The number of carboxylic acids is 1. The minimum atomic E-state index is -0.999. The van der Waals surface area contributed by atoms with Gasteiger partial charge in [-0.05, 0) is 45.0 Å².